The van der Waals surface area contributed by atoms with Crippen LogP contribution in [-0.2, 0) is 17.1 Å². The highest BCUT2D eigenvalue weighted by Gasteiger charge is 2.15. The van der Waals surface area contributed by atoms with Crippen LogP contribution in [0.25, 0.3) is 11.3 Å². The quantitative estimate of drug-likeness (QED) is 0.713. The van der Waals surface area contributed by atoms with E-state index in [1.54, 1.807) is 30.3 Å². The third kappa shape index (κ3) is 3.77. The van der Waals surface area contributed by atoms with E-state index >= 15 is 0 Å². The highest BCUT2D eigenvalue weighted by Crippen LogP contribution is 2.28. The van der Waals surface area contributed by atoms with Crippen LogP contribution in [0.15, 0.2) is 57.7 Å². The summed E-state index contributed by atoms with van der Waals surface area (Å²) < 4.78 is 25.1. The summed E-state index contributed by atoms with van der Waals surface area (Å²) in [6.07, 6.45) is 0. The maximum Gasteiger partial charge on any atom is 0.239 e. The molecule has 1 aromatic heterocycles. The molecule has 0 fully saturated rings. The molecule has 0 aliphatic carbocycles. The van der Waals surface area contributed by atoms with Crippen molar-refractivity contribution in [2.75, 3.05) is 0 Å². The van der Waals surface area contributed by atoms with Gasteiger partial charge in [0.05, 0.1) is 16.4 Å². The standard InChI is InChI=1S/C16H14ClN3O3S2/c1-20-14(10-2-7-13(17)15(8-10)25(18,22)23)9-24-16(20)19-11-3-5-12(21)6-4-11/h2-9,21H,1H3,(H2,18,22,23)/b19-16+. The molecule has 130 valence electrons. The molecule has 0 atom stereocenters. The predicted octanol–water partition coefficient (Wildman–Crippen LogP) is 2.99. The fraction of sp³-hybridized carbons (Fsp3) is 0.0625. The van der Waals surface area contributed by atoms with Crippen LogP contribution < -0.4 is 9.94 Å². The van der Waals surface area contributed by atoms with Crippen molar-refractivity contribution in [2.24, 2.45) is 17.2 Å². The van der Waals surface area contributed by atoms with Crippen molar-refractivity contribution in [3.05, 3.63) is 57.7 Å². The molecular formula is C16H14ClN3O3S2. The number of aromatic hydroxyl groups is 1. The molecule has 9 heteroatoms. The van der Waals surface area contributed by atoms with E-state index in [9.17, 15) is 13.5 Å². The van der Waals surface area contributed by atoms with Crippen LogP contribution in [-0.4, -0.2) is 18.1 Å². The largest absolute Gasteiger partial charge is 0.508 e. The van der Waals surface area contributed by atoms with Crippen LogP contribution in [0.5, 0.6) is 5.75 Å². The average Bonchev–Trinajstić information content (AvgIpc) is 2.90. The van der Waals surface area contributed by atoms with Crippen LogP contribution in [0, 0.1) is 0 Å². The zero-order valence-electron chi connectivity index (χ0n) is 13.0. The fourth-order valence-electron chi connectivity index (χ4n) is 2.25. The van der Waals surface area contributed by atoms with Crippen LogP contribution >= 0.6 is 22.9 Å². The number of hydrogen-bond donors (Lipinski definition) is 2. The van der Waals surface area contributed by atoms with Gasteiger partial charge in [-0.2, -0.15) is 0 Å². The lowest BCUT2D eigenvalue weighted by molar-refractivity contribution is 0.475. The van der Waals surface area contributed by atoms with Gasteiger partial charge in [-0.25, -0.2) is 18.5 Å². The predicted molar refractivity (Wildman–Crippen MR) is 98.4 cm³/mol. The Kier molecular flexibility index (Phi) is 4.70. The van der Waals surface area contributed by atoms with E-state index in [1.165, 1.54) is 23.5 Å². The minimum absolute atomic E-state index is 0.0816. The Labute approximate surface area is 153 Å². The highest BCUT2D eigenvalue weighted by molar-refractivity contribution is 7.89. The molecule has 2 aromatic carbocycles. The molecule has 0 unspecified atom stereocenters. The number of phenols is 1. The van der Waals surface area contributed by atoms with Crippen LogP contribution in [0.1, 0.15) is 0 Å². The highest BCUT2D eigenvalue weighted by atomic mass is 35.5. The van der Waals surface area contributed by atoms with E-state index in [-0.39, 0.29) is 15.7 Å². The first-order valence-electron chi connectivity index (χ1n) is 7.07. The topological polar surface area (TPSA) is 97.7 Å². The smallest absolute Gasteiger partial charge is 0.239 e. The minimum Gasteiger partial charge on any atom is -0.508 e. The van der Waals surface area contributed by atoms with Gasteiger partial charge < -0.3 is 9.67 Å². The first kappa shape index (κ1) is 17.7. The molecule has 0 bridgehead atoms. The molecule has 6 nitrogen and oxygen atoms in total. The number of rotatable bonds is 3. The summed E-state index contributed by atoms with van der Waals surface area (Å²) >= 11 is 7.34. The zero-order chi connectivity index (χ0) is 18.2. The zero-order valence-corrected chi connectivity index (χ0v) is 15.4. The summed E-state index contributed by atoms with van der Waals surface area (Å²) in [5, 5.41) is 16.5. The first-order valence-corrected chi connectivity index (χ1v) is 9.87. The molecule has 3 aromatic rings. The van der Waals surface area contributed by atoms with Gasteiger partial charge in [0.2, 0.25) is 10.0 Å². The third-order valence-corrected chi connectivity index (χ3v) is 5.84. The molecule has 1 heterocycles. The number of benzene rings is 2. The Balaban J connectivity index is 2.09. The second kappa shape index (κ2) is 6.64. The van der Waals surface area contributed by atoms with Crippen molar-refractivity contribution < 1.29 is 13.5 Å². The summed E-state index contributed by atoms with van der Waals surface area (Å²) in [5.74, 6) is 0.173. The normalized spacial score (nSPS) is 12.5. The van der Waals surface area contributed by atoms with E-state index in [1.807, 2.05) is 17.0 Å². The molecule has 0 aliphatic rings. The first-order chi connectivity index (χ1) is 11.8. The minimum atomic E-state index is -3.91. The fourth-order valence-corrected chi connectivity index (χ4v) is 4.25. The Bertz CT molecular complexity index is 1100. The summed E-state index contributed by atoms with van der Waals surface area (Å²) in [5.41, 5.74) is 2.14. The van der Waals surface area contributed by atoms with E-state index in [2.05, 4.69) is 4.99 Å². The van der Waals surface area contributed by atoms with E-state index in [4.69, 9.17) is 16.7 Å². The maximum absolute atomic E-state index is 11.6. The monoisotopic (exact) mass is 395 g/mol. The molecule has 3 rings (SSSR count). The Hall–Kier alpha value is -2.13. The lowest BCUT2D eigenvalue weighted by Gasteiger charge is -2.07. The van der Waals surface area contributed by atoms with Crippen molar-refractivity contribution in [1.29, 1.82) is 0 Å². The van der Waals surface area contributed by atoms with Gasteiger partial charge in [0.1, 0.15) is 10.6 Å². The van der Waals surface area contributed by atoms with E-state index in [0.29, 0.717) is 16.1 Å². The van der Waals surface area contributed by atoms with Crippen LogP contribution in [0.3, 0.4) is 0 Å². The van der Waals surface area contributed by atoms with Gasteiger partial charge in [0, 0.05) is 18.0 Å². The van der Waals surface area contributed by atoms with E-state index < -0.39 is 10.0 Å². The summed E-state index contributed by atoms with van der Waals surface area (Å²) in [6, 6.07) is 11.2. The van der Waals surface area contributed by atoms with Gasteiger partial charge in [0.15, 0.2) is 4.80 Å². The van der Waals surface area contributed by atoms with E-state index in [0.717, 1.165) is 5.69 Å². The average molecular weight is 396 g/mol. The van der Waals surface area contributed by atoms with Gasteiger partial charge in [-0.3, -0.25) is 0 Å². The number of nitrogens with zero attached hydrogens (tertiary/aromatic N) is 2. The van der Waals surface area contributed by atoms with Crippen molar-refractivity contribution in [3.8, 4) is 17.0 Å². The second-order valence-corrected chi connectivity index (χ2v) is 8.05. The van der Waals surface area contributed by atoms with Crippen molar-refractivity contribution in [3.63, 3.8) is 0 Å². The number of primary sulfonamides is 1. The summed E-state index contributed by atoms with van der Waals surface area (Å²) in [4.78, 5) is 5.12. The molecule has 0 aliphatic heterocycles. The number of aromatic nitrogens is 1. The SMILES string of the molecule is Cn1c(-c2ccc(Cl)c(S(N)(=O)=O)c2)cs/c1=N/c1ccc(O)cc1. The Morgan fingerprint density at radius 1 is 1.20 bits per heavy atom. The van der Waals surface area contributed by atoms with Gasteiger partial charge in [-0.1, -0.05) is 17.7 Å². The lowest BCUT2D eigenvalue weighted by Crippen LogP contribution is -2.13. The molecule has 3 N–H and O–H groups in total. The van der Waals surface area contributed by atoms with Crippen molar-refractivity contribution in [1.82, 2.24) is 4.57 Å². The maximum atomic E-state index is 11.6. The number of hydrogen-bond acceptors (Lipinski definition) is 5. The van der Waals surface area contributed by atoms with Crippen molar-refractivity contribution in [2.45, 2.75) is 4.90 Å². The van der Waals surface area contributed by atoms with Crippen LogP contribution in [0.4, 0.5) is 5.69 Å². The number of thiazole rings is 1. The van der Waals surface area contributed by atoms with Gasteiger partial charge >= 0.3 is 0 Å². The van der Waals surface area contributed by atoms with Gasteiger partial charge in [-0.15, -0.1) is 11.3 Å². The second-order valence-electron chi connectivity index (χ2n) is 5.28. The number of sulfonamides is 1. The third-order valence-electron chi connectivity index (χ3n) is 3.53. The molecule has 0 radical (unpaired) electrons. The van der Waals surface area contributed by atoms with Crippen molar-refractivity contribution >= 4 is 38.6 Å². The molecule has 25 heavy (non-hydrogen) atoms. The molecular weight excluding hydrogens is 382 g/mol. The van der Waals surface area contributed by atoms with Gasteiger partial charge in [-0.05, 0) is 36.4 Å². The number of halogens is 1. The summed E-state index contributed by atoms with van der Waals surface area (Å²) in [7, 11) is -2.08. The Morgan fingerprint density at radius 3 is 2.52 bits per heavy atom. The lowest BCUT2D eigenvalue weighted by atomic mass is 10.2. The van der Waals surface area contributed by atoms with Crippen LogP contribution in [0.2, 0.25) is 5.02 Å². The molecule has 0 spiro atoms. The molecule has 0 saturated heterocycles. The number of phenolic OH excluding ortho intramolecular Hbond substituents is 1. The van der Waals surface area contributed by atoms with Gasteiger partial charge in [0.25, 0.3) is 0 Å². The number of nitrogens with two attached hydrogens (primary N) is 1. The summed E-state index contributed by atoms with van der Waals surface area (Å²) in [6.45, 7) is 0. The molecule has 0 saturated carbocycles. The Morgan fingerprint density at radius 2 is 1.88 bits per heavy atom. The molecule has 0 amide bonds.